The fourth-order valence-electron chi connectivity index (χ4n) is 2.58. The van der Waals surface area contributed by atoms with Gasteiger partial charge in [0.05, 0.1) is 5.02 Å². The first kappa shape index (κ1) is 16.8. The quantitative estimate of drug-likeness (QED) is 0.777. The lowest BCUT2D eigenvalue weighted by Gasteiger charge is -2.16. The largest absolute Gasteiger partial charge is 0.379 e. The van der Waals surface area contributed by atoms with Crippen LogP contribution in [0, 0.1) is 6.92 Å². The first-order valence-electron chi connectivity index (χ1n) is 7.48. The van der Waals surface area contributed by atoms with E-state index in [1.165, 1.54) is 18.2 Å². The maximum absolute atomic E-state index is 12.4. The zero-order chi connectivity index (χ0) is 17.3. The molecule has 0 aromatic heterocycles. The van der Waals surface area contributed by atoms with Gasteiger partial charge in [-0.25, -0.2) is 0 Å². The number of rotatable bonds is 4. The SMILES string of the molecule is Cc1ccc(S(=O)(=O)Oc2ccc(N3CCCC3=O)cc2)c(Cl)c1. The van der Waals surface area contributed by atoms with Crippen molar-refractivity contribution in [1.29, 1.82) is 0 Å². The fourth-order valence-corrected chi connectivity index (χ4v) is 4.09. The van der Waals surface area contributed by atoms with Gasteiger partial charge in [-0.2, -0.15) is 8.42 Å². The third-order valence-corrected chi connectivity index (χ3v) is 5.52. The van der Waals surface area contributed by atoms with Crippen molar-refractivity contribution in [2.75, 3.05) is 11.4 Å². The van der Waals surface area contributed by atoms with E-state index in [1.54, 1.807) is 29.2 Å². The number of hydrogen-bond donors (Lipinski definition) is 0. The Labute approximate surface area is 145 Å². The molecule has 2 aromatic rings. The molecule has 1 aliphatic rings. The van der Waals surface area contributed by atoms with Gasteiger partial charge in [0.15, 0.2) is 0 Å². The molecule has 0 spiro atoms. The Morgan fingerprint density at radius 2 is 1.83 bits per heavy atom. The molecule has 5 nitrogen and oxygen atoms in total. The lowest BCUT2D eigenvalue weighted by molar-refractivity contribution is -0.117. The number of carbonyl (C=O) groups excluding carboxylic acids is 1. The number of hydrogen-bond acceptors (Lipinski definition) is 4. The average molecular weight is 366 g/mol. The minimum atomic E-state index is -4.02. The van der Waals surface area contributed by atoms with E-state index in [-0.39, 0.29) is 21.6 Å². The Morgan fingerprint density at radius 1 is 1.12 bits per heavy atom. The summed E-state index contributed by atoms with van der Waals surface area (Å²) < 4.78 is 29.8. The molecule has 3 rings (SSSR count). The number of nitrogens with zero attached hydrogens (tertiary/aromatic N) is 1. The topological polar surface area (TPSA) is 63.7 Å². The van der Waals surface area contributed by atoms with Gasteiger partial charge in [0, 0.05) is 18.7 Å². The number of aryl methyl sites for hydroxylation is 1. The van der Waals surface area contributed by atoms with Crippen LogP contribution in [0.3, 0.4) is 0 Å². The van der Waals surface area contributed by atoms with Crippen LogP contribution in [-0.2, 0) is 14.9 Å². The molecule has 0 saturated carbocycles. The molecule has 1 fully saturated rings. The first-order chi connectivity index (χ1) is 11.4. The van der Waals surface area contributed by atoms with Gasteiger partial charge >= 0.3 is 10.1 Å². The van der Waals surface area contributed by atoms with Crippen LogP contribution in [0.1, 0.15) is 18.4 Å². The molecule has 1 aliphatic heterocycles. The third-order valence-electron chi connectivity index (χ3n) is 3.78. The second-order valence-electron chi connectivity index (χ2n) is 5.61. The fraction of sp³-hybridized carbons (Fsp3) is 0.235. The van der Waals surface area contributed by atoms with E-state index in [0.717, 1.165) is 17.7 Å². The smallest absolute Gasteiger partial charge is 0.340 e. The standard InChI is InChI=1S/C17H16ClNO4S/c1-12-4-9-16(15(18)11-12)24(21,22)23-14-7-5-13(6-8-14)19-10-2-3-17(19)20/h4-9,11H,2-3,10H2,1H3. The molecule has 0 radical (unpaired) electrons. The van der Waals surface area contributed by atoms with Crippen LogP contribution < -0.4 is 9.08 Å². The molecule has 1 saturated heterocycles. The monoisotopic (exact) mass is 365 g/mol. The van der Waals surface area contributed by atoms with Gasteiger partial charge in [0.25, 0.3) is 0 Å². The van der Waals surface area contributed by atoms with Crippen molar-refractivity contribution >= 4 is 33.3 Å². The minimum absolute atomic E-state index is 0.0720. The number of benzene rings is 2. The number of carbonyl (C=O) groups is 1. The van der Waals surface area contributed by atoms with Gasteiger partial charge < -0.3 is 9.08 Å². The van der Waals surface area contributed by atoms with Crippen LogP contribution in [0.2, 0.25) is 5.02 Å². The Kier molecular flexibility index (Phi) is 4.51. The Bertz CT molecular complexity index is 878. The van der Waals surface area contributed by atoms with Crippen LogP contribution in [-0.4, -0.2) is 20.9 Å². The number of amides is 1. The van der Waals surface area contributed by atoms with Gasteiger partial charge in [-0.05, 0) is 55.3 Å². The summed E-state index contributed by atoms with van der Waals surface area (Å²) in [7, 11) is -4.02. The highest BCUT2D eigenvalue weighted by Crippen LogP contribution is 2.28. The van der Waals surface area contributed by atoms with Crippen LogP contribution >= 0.6 is 11.6 Å². The molecule has 7 heteroatoms. The number of anilines is 1. The summed E-state index contributed by atoms with van der Waals surface area (Å²) in [4.78, 5) is 13.3. The van der Waals surface area contributed by atoms with Crippen molar-refractivity contribution in [2.45, 2.75) is 24.7 Å². The number of halogens is 1. The van der Waals surface area contributed by atoms with E-state index in [1.807, 2.05) is 6.92 Å². The van der Waals surface area contributed by atoms with E-state index in [2.05, 4.69) is 0 Å². The molecule has 0 atom stereocenters. The molecule has 0 N–H and O–H groups in total. The second kappa shape index (κ2) is 6.45. The van der Waals surface area contributed by atoms with Crippen molar-refractivity contribution in [3.05, 3.63) is 53.1 Å². The summed E-state index contributed by atoms with van der Waals surface area (Å²) in [6.07, 6.45) is 1.37. The normalized spacial score (nSPS) is 14.9. The Balaban J connectivity index is 1.81. The van der Waals surface area contributed by atoms with Crippen molar-refractivity contribution in [3.8, 4) is 5.75 Å². The molecule has 0 aliphatic carbocycles. The summed E-state index contributed by atoms with van der Waals surface area (Å²) in [5.74, 6) is 0.241. The highest BCUT2D eigenvalue weighted by atomic mass is 35.5. The van der Waals surface area contributed by atoms with E-state index in [9.17, 15) is 13.2 Å². The zero-order valence-corrected chi connectivity index (χ0v) is 14.6. The predicted molar refractivity (Wildman–Crippen MR) is 92.0 cm³/mol. The molecule has 0 bridgehead atoms. The molecular formula is C17H16ClNO4S. The van der Waals surface area contributed by atoms with Crippen molar-refractivity contribution in [1.82, 2.24) is 0 Å². The molecule has 24 heavy (non-hydrogen) atoms. The highest BCUT2D eigenvalue weighted by molar-refractivity contribution is 7.87. The Morgan fingerprint density at radius 3 is 2.42 bits per heavy atom. The summed E-state index contributed by atoms with van der Waals surface area (Å²) in [6, 6.07) is 11.0. The Hall–Kier alpha value is -2.05. The summed E-state index contributed by atoms with van der Waals surface area (Å²) in [5.41, 5.74) is 1.59. The van der Waals surface area contributed by atoms with Crippen molar-refractivity contribution in [2.24, 2.45) is 0 Å². The summed E-state index contributed by atoms with van der Waals surface area (Å²) in [6.45, 7) is 2.50. The van der Waals surface area contributed by atoms with E-state index >= 15 is 0 Å². The van der Waals surface area contributed by atoms with Crippen molar-refractivity contribution in [3.63, 3.8) is 0 Å². The average Bonchev–Trinajstić information content (AvgIpc) is 2.93. The lowest BCUT2D eigenvalue weighted by atomic mass is 10.2. The molecular weight excluding hydrogens is 350 g/mol. The van der Waals surface area contributed by atoms with Gasteiger partial charge in [0.1, 0.15) is 10.6 Å². The molecule has 1 amide bonds. The molecule has 0 unspecified atom stereocenters. The first-order valence-corrected chi connectivity index (χ1v) is 9.26. The van der Waals surface area contributed by atoms with Crippen molar-refractivity contribution < 1.29 is 17.4 Å². The molecule has 2 aromatic carbocycles. The van der Waals surface area contributed by atoms with Crippen LogP contribution in [0.5, 0.6) is 5.75 Å². The maximum atomic E-state index is 12.4. The van der Waals surface area contributed by atoms with Gasteiger partial charge in [0.2, 0.25) is 5.91 Å². The maximum Gasteiger partial charge on any atom is 0.340 e. The van der Waals surface area contributed by atoms with Crippen LogP contribution in [0.4, 0.5) is 5.69 Å². The van der Waals surface area contributed by atoms with Crippen LogP contribution in [0.15, 0.2) is 47.4 Å². The van der Waals surface area contributed by atoms with E-state index < -0.39 is 10.1 Å². The predicted octanol–water partition coefficient (Wildman–Crippen LogP) is 3.54. The molecule has 126 valence electrons. The minimum Gasteiger partial charge on any atom is -0.379 e. The second-order valence-corrected chi connectivity index (χ2v) is 7.54. The summed E-state index contributed by atoms with van der Waals surface area (Å²) in [5, 5.41) is 0.120. The van der Waals surface area contributed by atoms with E-state index in [0.29, 0.717) is 13.0 Å². The van der Waals surface area contributed by atoms with Gasteiger partial charge in [-0.1, -0.05) is 17.7 Å². The van der Waals surface area contributed by atoms with Gasteiger partial charge in [-0.3, -0.25) is 4.79 Å². The van der Waals surface area contributed by atoms with E-state index in [4.69, 9.17) is 15.8 Å². The molecule has 1 heterocycles. The zero-order valence-electron chi connectivity index (χ0n) is 13.0. The summed E-state index contributed by atoms with van der Waals surface area (Å²) >= 11 is 6.00. The third kappa shape index (κ3) is 3.39. The van der Waals surface area contributed by atoms with Crippen LogP contribution in [0.25, 0.3) is 0 Å². The lowest BCUT2D eigenvalue weighted by Crippen LogP contribution is -2.23. The van der Waals surface area contributed by atoms with Gasteiger partial charge in [-0.15, -0.1) is 0 Å². The highest BCUT2D eigenvalue weighted by Gasteiger charge is 2.23.